The molecule has 1 N–H and O–H groups in total. The highest BCUT2D eigenvalue weighted by Gasteiger charge is 2.17. The summed E-state index contributed by atoms with van der Waals surface area (Å²) >= 11 is 0. The van der Waals surface area contributed by atoms with Crippen LogP contribution in [0.5, 0.6) is 0 Å². The Balaban J connectivity index is 2.17. The second-order valence-corrected chi connectivity index (χ2v) is 4.86. The van der Waals surface area contributed by atoms with Crippen LogP contribution in [-0.4, -0.2) is 28.8 Å². The van der Waals surface area contributed by atoms with E-state index in [2.05, 4.69) is 16.8 Å². The zero-order chi connectivity index (χ0) is 13.8. The summed E-state index contributed by atoms with van der Waals surface area (Å²) in [5.41, 5.74) is 1.43. The quantitative estimate of drug-likeness (QED) is 0.786. The molecule has 0 bridgehead atoms. The number of hydrogen-bond donors (Lipinski definition) is 1. The smallest absolute Gasteiger partial charge is 0.354 e. The predicted octanol–water partition coefficient (Wildman–Crippen LogP) is 2.25. The molecule has 1 aromatic heterocycles. The molecular weight excluding hydrogens is 242 g/mol. The zero-order valence-corrected chi connectivity index (χ0v) is 11.1. The summed E-state index contributed by atoms with van der Waals surface area (Å²) in [5.74, 6) is 5.58. The van der Waals surface area contributed by atoms with Crippen molar-refractivity contribution in [3.8, 4) is 11.8 Å². The Hall–Kier alpha value is -1.86. The molecule has 0 spiro atoms. The second-order valence-electron chi connectivity index (χ2n) is 4.86. The van der Waals surface area contributed by atoms with E-state index in [0.29, 0.717) is 17.2 Å². The van der Waals surface area contributed by atoms with Gasteiger partial charge in [0, 0.05) is 23.8 Å². The molecule has 1 aliphatic heterocycles. The molecule has 0 aliphatic carbocycles. The fraction of sp³-hybridized carbons (Fsp3) is 0.467. The lowest BCUT2D eigenvalue weighted by atomic mass is 9.96. The average Bonchev–Trinajstić information content (AvgIpc) is 2.36. The maximum atomic E-state index is 10.9. The molecule has 1 unspecified atom stereocenters. The minimum Gasteiger partial charge on any atom is -0.477 e. The number of carboxylic acid groups (broad SMARTS) is 1. The van der Waals surface area contributed by atoms with Crippen LogP contribution in [0.4, 0.5) is 0 Å². The van der Waals surface area contributed by atoms with E-state index in [1.54, 1.807) is 6.92 Å². The Labute approximate surface area is 112 Å². The van der Waals surface area contributed by atoms with E-state index in [0.717, 1.165) is 19.4 Å². The van der Waals surface area contributed by atoms with Gasteiger partial charge in [0.25, 0.3) is 0 Å². The molecule has 1 aliphatic rings. The van der Waals surface area contributed by atoms with Crippen molar-refractivity contribution in [2.75, 3.05) is 6.61 Å². The molecule has 1 fully saturated rings. The van der Waals surface area contributed by atoms with Crippen molar-refractivity contribution in [2.24, 2.45) is 5.92 Å². The molecule has 4 nitrogen and oxygen atoms in total. The van der Waals surface area contributed by atoms with Crippen LogP contribution in [0, 0.1) is 24.7 Å². The van der Waals surface area contributed by atoms with Crippen LogP contribution in [0.2, 0.25) is 0 Å². The molecule has 0 aromatic carbocycles. The highest BCUT2D eigenvalue weighted by Crippen LogP contribution is 2.19. The molecule has 0 amide bonds. The molecule has 2 heterocycles. The maximum Gasteiger partial charge on any atom is 0.354 e. The number of carboxylic acids is 1. The third-order valence-electron chi connectivity index (χ3n) is 3.08. The minimum absolute atomic E-state index is 0.0460. The van der Waals surface area contributed by atoms with E-state index >= 15 is 0 Å². The Morgan fingerprint density at radius 1 is 1.53 bits per heavy atom. The number of ether oxygens (including phenoxy) is 1. The standard InChI is InChI=1S/C15H17NO3/c1-10-7-13(9-14(16-10)15(17)18)4-3-12-5-6-19-11(2)8-12/h7,9,11-12H,5-6,8H2,1-2H3,(H,17,18)/t11-,12?/m0/s1. The highest BCUT2D eigenvalue weighted by molar-refractivity contribution is 5.85. The lowest BCUT2D eigenvalue weighted by Crippen LogP contribution is -2.21. The number of aryl methyl sites for hydroxylation is 1. The molecular formula is C15H17NO3. The van der Waals surface area contributed by atoms with E-state index in [-0.39, 0.29) is 11.8 Å². The molecule has 4 heteroatoms. The number of aromatic nitrogens is 1. The first-order chi connectivity index (χ1) is 9.04. The van der Waals surface area contributed by atoms with Gasteiger partial charge in [-0.3, -0.25) is 0 Å². The van der Waals surface area contributed by atoms with Crippen LogP contribution < -0.4 is 0 Å². The third-order valence-corrected chi connectivity index (χ3v) is 3.08. The number of aromatic carboxylic acids is 1. The van der Waals surface area contributed by atoms with Crippen molar-refractivity contribution < 1.29 is 14.6 Å². The predicted molar refractivity (Wildman–Crippen MR) is 70.9 cm³/mol. The van der Waals surface area contributed by atoms with Gasteiger partial charge in [-0.05, 0) is 38.8 Å². The number of carbonyl (C=O) groups is 1. The van der Waals surface area contributed by atoms with Crippen LogP contribution in [0.25, 0.3) is 0 Å². The summed E-state index contributed by atoms with van der Waals surface area (Å²) < 4.78 is 5.47. The summed E-state index contributed by atoms with van der Waals surface area (Å²) in [7, 11) is 0. The van der Waals surface area contributed by atoms with Gasteiger partial charge in [0.05, 0.1) is 6.10 Å². The van der Waals surface area contributed by atoms with Crippen LogP contribution in [0.15, 0.2) is 12.1 Å². The normalized spacial score (nSPS) is 22.4. The SMILES string of the molecule is Cc1cc(C#CC2CCO[C@@H](C)C2)cc(C(=O)O)n1. The number of pyridine rings is 1. The molecule has 100 valence electrons. The summed E-state index contributed by atoms with van der Waals surface area (Å²) in [6, 6.07) is 3.33. The van der Waals surface area contributed by atoms with Gasteiger partial charge in [-0.15, -0.1) is 0 Å². The molecule has 2 atom stereocenters. The summed E-state index contributed by atoms with van der Waals surface area (Å²) in [6.45, 7) is 4.57. The zero-order valence-electron chi connectivity index (χ0n) is 11.1. The van der Waals surface area contributed by atoms with E-state index < -0.39 is 5.97 Å². The molecule has 0 radical (unpaired) electrons. The molecule has 0 saturated carbocycles. The minimum atomic E-state index is -1.02. The van der Waals surface area contributed by atoms with E-state index in [4.69, 9.17) is 9.84 Å². The summed E-state index contributed by atoms with van der Waals surface area (Å²) in [4.78, 5) is 14.9. The van der Waals surface area contributed by atoms with Crippen LogP contribution in [0.1, 0.15) is 41.5 Å². The third kappa shape index (κ3) is 3.80. The van der Waals surface area contributed by atoms with Crippen molar-refractivity contribution in [3.63, 3.8) is 0 Å². The molecule has 1 aromatic rings. The van der Waals surface area contributed by atoms with Gasteiger partial charge in [-0.2, -0.15) is 0 Å². The van der Waals surface area contributed by atoms with E-state index in [9.17, 15) is 4.79 Å². The van der Waals surface area contributed by atoms with Gasteiger partial charge in [0.15, 0.2) is 0 Å². The van der Waals surface area contributed by atoms with E-state index in [1.165, 1.54) is 6.07 Å². The Morgan fingerprint density at radius 3 is 3.00 bits per heavy atom. The lowest BCUT2D eigenvalue weighted by molar-refractivity contribution is 0.0144. The number of nitrogens with zero attached hydrogens (tertiary/aromatic N) is 1. The van der Waals surface area contributed by atoms with Gasteiger partial charge in [0.2, 0.25) is 0 Å². The Kier molecular flexibility index (Phi) is 4.18. The Bertz CT molecular complexity index is 542. The fourth-order valence-corrected chi connectivity index (χ4v) is 2.16. The van der Waals surface area contributed by atoms with Crippen molar-refractivity contribution in [3.05, 3.63) is 29.1 Å². The first kappa shape index (κ1) is 13.6. The van der Waals surface area contributed by atoms with Gasteiger partial charge < -0.3 is 9.84 Å². The van der Waals surface area contributed by atoms with Crippen molar-refractivity contribution in [1.82, 2.24) is 4.98 Å². The van der Waals surface area contributed by atoms with Crippen LogP contribution in [0.3, 0.4) is 0 Å². The van der Waals surface area contributed by atoms with Gasteiger partial charge >= 0.3 is 5.97 Å². The average molecular weight is 259 g/mol. The monoisotopic (exact) mass is 259 g/mol. The second kappa shape index (κ2) is 5.85. The summed E-state index contributed by atoms with van der Waals surface area (Å²) in [5, 5.41) is 8.96. The van der Waals surface area contributed by atoms with Crippen LogP contribution in [-0.2, 0) is 4.74 Å². The molecule has 2 rings (SSSR count). The van der Waals surface area contributed by atoms with Gasteiger partial charge in [0.1, 0.15) is 5.69 Å². The molecule has 1 saturated heterocycles. The van der Waals surface area contributed by atoms with Gasteiger partial charge in [-0.1, -0.05) is 11.8 Å². The van der Waals surface area contributed by atoms with E-state index in [1.807, 2.05) is 13.0 Å². The van der Waals surface area contributed by atoms with Crippen molar-refractivity contribution in [1.29, 1.82) is 0 Å². The highest BCUT2D eigenvalue weighted by atomic mass is 16.5. The number of hydrogen-bond acceptors (Lipinski definition) is 3. The summed E-state index contributed by atoms with van der Waals surface area (Å²) in [6.07, 6.45) is 2.12. The largest absolute Gasteiger partial charge is 0.477 e. The first-order valence-electron chi connectivity index (χ1n) is 6.39. The topological polar surface area (TPSA) is 59.4 Å². The van der Waals surface area contributed by atoms with Crippen LogP contribution >= 0.6 is 0 Å². The number of rotatable bonds is 1. The molecule has 19 heavy (non-hydrogen) atoms. The lowest BCUT2D eigenvalue weighted by Gasteiger charge is -2.23. The van der Waals surface area contributed by atoms with Crippen molar-refractivity contribution >= 4 is 5.97 Å². The Morgan fingerprint density at radius 2 is 2.32 bits per heavy atom. The van der Waals surface area contributed by atoms with Gasteiger partial charge in [-0.25, -0.2) is 9.78 Å². The van der Waals surface area contributed by atoms with Crippen molar-refractivity contribution in [2.45, 2.75) is 32.8 Å². The first-order valence-corrected chi connectivity index (χ1v) is 6.39. The fourth-order valence-electron chi connectivity index (χ4n) is 2.16. The maximum absolute atomic E-state index is 10.9.